The summed E-state index contributed by atoms with van der Waals surface area (Å²) in [7, 11) is 0. The zero-order valence-electron chi connectivity index (χ0n) is 8.51. The van der Waals surface area contributed by atoms with Crippen LogP contribution >= 0.6 is 0 Å². The first-order valence-electron chi connectivity index (χ1n) is 5.02. The number of carbonyl (C=O) groups excluding carboxylic acids is 1. The van der Waals surface area contributed by atoms with E-state index in [-0.39, 0.29) is 0 Å². The summed E-state index contributed by atoms with van der Waals surface area (Å²) in [5.41, 5.74) is 0.412. The lowest BCUT2D eigenvalue weighted by Gasteiger charge is -2.29. The lowest BCUT2D eigenvalue weighted by molar-refractivity contribution is -0.132. The fraction of sp³-hybridized carbons (Fsp3) is 0.364. The van der Waals surface area contributed by atoms with E-state index in [9.17, 15) is 10.0 Å². The van der Waals surface area contributed by atoms with E-state index in [1.165, 1.54) is 0 Å². The zero-order chi connectivity index (χ0) is 10.8. The summed E-state index contributed by atoms with van der Waals surface area (Å²) in [6, 6.07) is 6.95. The fourth-order valence-electron chi connectivity index (χ4n) is 1.64. The Morgan fingerprint density at radius 1 is 1.47 bits per heavy atom. The highest BCUT2D eigenvalue weighted by molar-refractivity contribution is 5.97. The number of ether oxygens (including phenoxy) is 1. The third kappa shape index (κ3) is 1.68. The van der Waals surface area contributed by atoms with E-state index in [1.807, 2.05) is 13.0 Å². The number of benzene rings is 1. The normalized spacial score (nSPS) is 19.7. The Balaban J connectivity index is 2.32. The molecule has 0 bridgehead atoms. The SMILES string of the molecule is CCCC1Oc2ccccc2N(O)C1=O. The van der Waals surface area contributed by atoms with Gasteiger partial charge in [-0.15, -0.1) is 0 Å². The van der Waals surface area contributed by atoms with E-state index >= 15 is 0 Å². The van der Waals surface area contributed by atoms with Gasteiger partial charge in [-0.1, -0.05) is 25.5 Å². The maximum Gasteiger partial charge on any atom is 0.291 e. The Hall–Kier alpha value is -1.55. The smallest absolute Gasteiger partial charge is 0.291 e. The van der Waals surface area contributed by atoms with Crippen molar-refractivity contribution < 1.29 is 14.7 Å². The molecule has 0 spiro atoms. The van der Waals surface area contributed by atoms with Crippen LogP contribution in [0.1, 0.15) is 19.8 Å². The average Bonchev–Trinajstić information content (AvgIpc) is 2.26. The topological polar surface area (TPSA) is 49.8 Å². The summed E-state index contributed by atoms with van der Waals surface area (Å²) in [4.78, 5) is 11.6. The predicted molar refractivity (Wildman–Crippen MR) is 55.0 cm³/mol. The molecule has 1 unspecified atom stereocenters. The summed E-state index contributed by atoms with van der Waals surface area (Å²) in [5, 5.41) is 10.3. The number of anilines is 1. The van der Waals surface area contributed by atoms with Crippen LogP contribution < -0.4 is 9.80 Å². The summed E-state index contributed by atoms with van der Waals surface area (Å²) >= 11 is 0. The van der Waals surface area contributed by atoms with Gasteiger partial charge in [-0.3, -0.25) is 10.0 Å². The van der Waals surface area contributed by atoms with Gasteiger partial charge in [0, 0.05) is 0 Å². The van der Waals surface area contributed by atoms with Gasteiger partial charge in [0.2, 0.25) is 0 Å². The van der Waals surface area contributed by atoms with Crippen LogP contribution in [-0.2, 0) is 4.79 Å². The Labute approximate surface area is 88.0 Å². The molecule has 0 fully saturated rings. The first-order valence-corrected chi connectivity index (χ1v) is 5.02. The number of para-hydroxylation sites is 2. The van der Waals surface area contributed by atoms with Gasteiger partial charge in [0.15, 0.2) is 6.10 Å². The Morgan fingerprint density at radius 2 is 2.20 bits per heavy atom. The van der Waals surface area contributed by atoms with E-state index in [0.29, 0.717) is 22.9 Å². The van der Waals surface area contributed by atoms with Crippen LogP contribution in [0.2, 0.25) is 0 Å². The van der Waals surface area contributed by atoms with Crippen molar-refractivity contribution >= 4 is 11.6 Å². The number of nitrogens with zero attached hydrogens (tertiary/aromatic N) is 1. The Morgan fingerprint density at radius 3 is 2.93 bits per heavy atom. The molecule has 2 rings (SSSR count). The van der Waals surface area contributed by atoms with Crippen LogP contribution in [0, 0.1) is 0 Å². The van der Waals surface area contributed by atoms with Gasteiger partial charge in [-0.05, 0) is 18.6 Å². The highest BCUT2D eigenvalue weighted by Crippen LogP contribution is 2.33. The standard InChI is InChI=1S/C11H13NO3/c1-2-5-10-11(13)12(14)8-6-3-4-7-9(8)15-10/h3-4,6-7,10,14H,2,5H2,1H3. The van der Waals surface area contributed by atoms with E-state index < -0.39 is 12.0 Å². The van der Waals surface area contributed by atoms with Crippen molar-refractivity contribution in [3.63, 3.8) is 0 Å². The molecule has 0 aliphatic carbocycles. The summed E-state index contributed by atoms with van der Waals surface area (Å²) in [6.45, 7) is 1.97. The quantitative estimate of drug-likeness (QED) is 0.754. The van der Waals surface area contributed by atoms with E-state index in [2.05, 4.69) is 0 Å². The molecule has 80 valence electrons. The Kier molecular flexibility index (Phi) is 2.60. The molecule has 4 nitrogen and oxygen atoms in total. The highest BCUT2D eigenvalue weighted by Gasteiger charge is 2.32. The van der Waals surface area contributed by atoms with Crippen molar-refractivity contribution in [1.29, 1.82) is 0 Å². The molecule has 1 amide bonds. The highest BCUT2D eigenvalue weighted by atomic mass is 16.6. The van der Waals surface area contributed by atoms with E-state index in [4.69, 9.17) is 4.74 Å². The molecule has 1 aromatic rings. The molecular formula is C11H13NO3. The number of carbonyl (C=O) groups is 1. The summed E-state index contributed by atoms with van der Waals surface area (Å²) in [5.74, 6) is 0.161. The van der Waals surface area contributed by atoms with Gasteiger partial charge in [-0.25, -0.2) is 0 Å². The molecule has 15 heavy (non-hydrogen) atoms. The molecule has 1 aromatic carbocycles. The molecule has 1 aliphatic heterocycles. The van der Waals surface area contributed by atoms with Crippen LogP contribution in [-0.4, -0.2) is 17.2 Å². The summed E-state index contributed by atoms with van der Waals surface area (Å²) in [6.07, 6.45) is 0.895. The maximum atomic E-state index is 11.6. The molecule has 1 heterocycles. The lowest BCUT2D eigenvalue weighted by atomic mass is 10.1. The van der Waals surface area contributed by atoms with Gasteiger partial charge in [0.05, 0.1) is 0 Å². The van der Waals surface area contributed by atoms with Crippen molar-refractivity contribution in [2.45, 2.75) is 25.9 Å². The third-order valence-corrected chi connectivity index (χ3v) is 2.40. The molecule has 0 aromatic heterocycles. The molecule has 0 saturated carbocycles. The van der Waals surface area contributed by atoms with Crippen LogP contribution in [0.4, 0.5) is 5.69 Å². The number of hydrogen-bond donors (Lipinski definition) is 1. The van der Waals surface area contributed by atoms with Crippen molar-refractivity contribution in [3.8, 4) is 5.75 Å². The minimum Gasteiger partial charge on any atom is -0.478 e. The molecule has 0 radical (unpaired) electrons. The van der Waals surface area contributed by atoms with Crippen molar-refractivity contribution in [1.82, 2.24) is 0 Å². The lowest BCUT2D eigenvalue weighted by Crippen LogP contribution is -2.43. The van der Waals surface area contributed by atoms with Gasteiger partial charge >= 0.3 is 0 Å². The van der Waals surface area contributed by atoms with Crippen molar-refractivity contribution in [3.05, 3.63) is 24.3 Å². The molecule has 4 heteroatoms. The molecule has 0 saturated heterocycles. The van der Waals surface area contributed by atoms with Crippen molar-refractivity contribution in [2.24, 2.45) is 0 Å². The number of hydrogen-bond acceptors (Lipinski definition) is 3. The minimum atomic E-state index is -0.560. The number of fused-ring (bicyclic) bond motifs is 1. The van der Waals surface area contributed by atoms with Gasteiger partial charge in [-0.2, -0.15) is 5.06 Å². The largest absolute Gasteiger partial charge is 0.478 e. The van der Waals surface area contributed by atoms with Gasteiger partial charge in [0.25, 0.3) is 5.91 Å². The molecule has 1 atom stereocenters. The van der Waals surface area contributed by atoms with Crippen LogP contribution in [0.3, 0.4) is 0 Å². The van der Waals surface area contributed by atoms with Crippen molar-refractivity contribution in [2.75, 3.05) is 5.06 Å². The second-order valence-electron chi connectivity index (χ2n) is 3.51. The second-order valence-corrected chi connectivity index (χ2v) is 3.51. The monoisotopic (exact) mass is 207 g/mol. The molecular weight excluding hydrogens is 194 g/mol. The number of hydroxylamine groups is 1. The first kappa shape index (κ1) is 9.98. The minimum absolute atomic E-state index is 0.393. The van der Waals surface area contributed by atoms with Crippen LogP contribution in [0.15, 0.2) is 24.3 Å². The third-order valence-electron chi connectivity index (χ3n) is 2.40. The predicted octanol–water partition coefficient (Wildman–Crippen LogP) is 1.97. The van der Waals surface area contributed by atoms with Gasteiger partial charge in [0.1, 0.15) is 11.4 Å². The van der Waals surface area contributed by atoms with Crippen LogP contribution in [0.25, 0.3) is 0 Å². The Bertz CT molecular complexity index is 378. The average molecular weight is 207 g/mol. The van der Waals surface area contributed by atoms with Gasteiger partial charge < -0.3 is 4.74 Å². The molecule has 1 N–H and O–H groups in total. The van der Waals surface area contributed by atoms with E-state index in [0.717, 1.165) is 6.42 Å². The number of amides is 1. The maximum absolute atomic E-state index is 11.6. The summed E-state index contributed by atoms with van der Waals surface area (Å²) < 4.78 is 5.50. The molecule has 1 aliphatic rings. The second kappa shape index (κ2) is 3.90. The first-order chi connectivity index (χ1) is 7.24. The fourth-order valence-corrected chi connectivity index (χ4v) is 1.64. The number of rotatable bonds is 2. The van der Waals surface area contributed by atoms with E-state index in [1.54, 1.807) is 18.2 Å². The zero-order valence-corrected chi connectivity index (χ0v) is 8.51. The van der Waals surface area contributed by atoms with Crippen LogP contribution in [0.5, 0.6) is 5.75 Å².